The Labute approximate surface area is 170 Å². The standard InChI is InChI=1S/C21H36BNO5/c1-11-21(12-2,18(24)25-10)14-26-17(23-9)13-15(3)16(4)22-27-19(5,6)20(7,8)28-22/h13H,9,11-12,14H2,1-8,10H3/b16-15+,17-13+. The van der Waals surface area contributed by atoms with Gasteiger partial charge in [-0.15, -0.1) is 0 Å². The second-order valence-corrected chi connectivity index (χ2v) is 8.36. The largest absolute Gasteiger partial charge is 0.490 e. The highest BCUT2D eigenvalue weighted by Crippen LogP contribution is 2.39. The number of esters is 1. The number of aliphatic imine (C=N–C) groups is 1. The molecule has 1 aliphatic rings. The van der Waals surface area contributed by atoms with Crippen LogP contribution in [0.5, 0.6) is 0 Å². The van der Waals surface area contributed by atoms with E-state index in [0.29, 0.717) is 18.7 Å². The summed E-state index contributed by atoms with van der Waals surface area (Å²) >= 11 is 0. The summed E-state index contributed by atoms with van der Waals surface area (Å²) in [6.45, 7) is 19.7. The van der Waals surface area contributed by atoms with Gasteiger partial charge in [-0.05, 0) is 66.6 Å². The van der Waals surface area contributed by atoms with Gasteiger partial charge >= 0.3 is 13.1 Å². The molecule has 0 aromatic rings. The molecular weight excluding hydrogens is 357 g/mol. The average molecular weight is 393 g/mol. The Hall–Kier alpha value is -1.60. The van der Waals surface area contributed by atoms with Crippen molar-refractivity contribution in [1.82, 2.24) is 0 Å². The predicted molar refractivity (Wildman–Crippen MR) is 113 cm³/mol. The molecule has 1 rings (SSSR count). The van der Waals surface area contributed by atoms with Crippen molar-refractivity contribution in [2.75, 3.05) is 13.7 Å². The maximum absolute atomic E-state index is 12.2. The van der Waals surface area contributed by atoms with Gasteiger partial charge in [0.25, 0.3) is 0 Å². The Morgan fingerprint density at radius 3 is 2.04 bits per heavy atom. The van der Waals surface area contributed by atoms with Gasteiger partial charge in [0.15, 0.2) is 0 Å². The van der Waals surface area contributed by atoms with Crippen LogP contribution in [0.4, 0.5) is 0 Å². The van der Waals surface area contributed by atoms with Gasteiger partial charge in [-0.1, -0.05) is 19.4 Å². The van der Waals surface area contributed by atoms with Crippen LogP contribution >= 0.6 is 0 Å². The Morgan fingerprint density at radius 1 is 1.14 bits per heavy atom. The highest BCUT2D eigenvalue weighted by molar-refractivity contribution is 6.54. The summed E-state index contributed by atoms with van der Waals surface area (Å²) in [5, 5.41) is 0. The van der Waals surface area contributed by atoms with Crippen molar-refractivity contribution in [3.05, 3.63) is 23.0 Å². The number of carbonyl (C=O) groups excluding carboxylic acids is 1. The fourth-order valence-corrected chi connectivity index (χ4v) is 2.87. The van der Waals surface area contributed by atoms with Gasteiger partial charge in [0.1, 0.15) is 12.0 Å². The van der Waals surface area contributed by atoms with E-state index >= 15 is 0 Å². The molecule has 0 amide bonds. The molecule has 1 heterocycles. The fourth-order valence-electron chi connectivity index (χ4n) is 2.87. The van der Waals surface area contributed by atoms with Crippen LogP contribution < -0.4 is 0 Å². The summed E-state index contributed by atoms with van der Waals surface area (Å²) in [5.41, 5.74) is 0.352. The lowest BCUT2D eigenvalue weighted by Gasteiger charge is -2.32. The SMILES string of the molecule is C=N/C(=C\C(C)=C(/C)B1OC(C)(C)C(C)(C)O1)OCC(CC)(CC)C(=O)OC. The first-order chi connectivity index (χ1) is 12.9. The first-order valence-corrected chi connectivity index (χ1v) is 9.82. The number of hydrogen-bond acceptors (Lipinski definition) is 6. The molecule has 7 heteroatoms. The summed E-state index contributed by atoms with van der Waals surface area (Å²) in [4.78, 5) is 16.2. The van der Waals surface area contributed by atoms with E-state index in [1.807, 2.05) is 55.4 Å². The van der Waals surface area contributed by atoms with E-state index in [1.165, 1.54) is 7.11 Å². The number of rotatable bonds is 9. The molecule has 0 bridgehead atoms. The Morgan fingerprint density at radius 2 is 1.64 bits per heavy atom. The molecule has 0 atom stereocenters. The fraction of sp³-hybridized carbons (Fsp3) is 0.714. The van der Waals surface area contributed by atoms with E-state index in [0.717, 1.165) is 11.0 Å². The molecule has 1 fully saturated rings. The van der Waals surface area contributed by atoms with E-state index in [1.54, 1.807) is 6.08 Å². The van der Waals surface area contributed by atoms with Crippen LogP contribution in [0, 0.1) is 5.41 Å². The van der Waals surface area contributed by atoms with Crippen LogP contribution in [0.1, 0.15) is 68.2 Å². The Balaban J connectivity index is 3.01. The minimum atomic E-state index is -0.698. The van der Waals surface area contributed by atoms with Crippen LogP contribution in [0.3, 0.4) is 0 Å². The van der Waals surface area contributed by atoms with Gasteiger partial charge in [0.2, 0.25) is 5.88 Å². The van der Waals surface area contributed by atoms with Gasteiger partial charge in [-0.3, -0.25) is 4.79 Å². The maximum atomic E-state index is 12.2. The topological polar surface area (TPSA) is 66.3 Å². The first kappa shape index (κ1) is 24.4. The highest BCUT2D eigenvalue weighted by atomic mass is 16.7. The van der Waals surface area contributed by atoms with Crippen molar-refractivity contribution in [2.45, 2.75) is 79.4 Å². The highest BCUT2D eigenvalue weighted by Gasteiger charge is 2.51. The number of allylic oxidation sites excluding steroid dienone is 3. The average Bonchev–Trinajstić information content (AvgIpc) is 2.87. The van der Waals surface area contributed by atoms with Crippen molar-refractivity contribution in [3.63, 3.8) is 0 Å². The molecule has 28 heavy (non-hydrogen) atoms. The summed E-state index contributed by atoms with van der Waals surface area (Å²) in [6, 6.07) is 0. The van der Waals surface area contributed by atoms with Crippen molar-refractivity contribution < 1.29 is 23.6 Å². The minimum absolute atomic E-state index is 0.181. The van der Waals surface area contributed by atoms with E-state index < -0.39 is 23.7 Å². The smallest absolute Gasteiger partial charge is 0.476 e. The predicted octanol–water partition coefficient (Wildman–Crippen LogP) is 4.49. The molecule has 6 nitrogen and oxygen atoms in total. The zero-order valence-corrected chi connectivity index (χ0v) is 19.0. The molecule has 0 N–H and O–H groups in total. The Bertz CT molecular complexity index is 631. The second kappa shape index (κ2) is 9.27. The van der Waals surface area contributed by atoms with Crippen LogP contribution in [-0.4, -0.2) is 44.7 Å². The zero-order valence-electron chi connectivity index (χ0n) is 19.0. The lowest BCUT2D eigenvalue weighted by molar-refractivity contribution is -0.156. The summed E-state index contributed by atoms with van der Waals surface area (Å²) in [7, 11) is 0.957. The molecule has 0 aromatic heterocycles. The number of methoxy groups -OCH3 is 1. The van der Waals surface area contributed by atoms with Gasteiger partial charge < -0.3 is 18.8 Å². The van der Waals surface area contributed by atoms with Crippen molar-refractivity contribution in [2.24, 2.45) is 10.4 Å². The number of ether oxygens (including phenoxy) is 2. The maximum Gasteiger partial charge on any atom is 0.490 e. The molecule has 0 unspecified atom stereocenters. The van der Waals surface area contributed by atoms with Crippen LogP contribution in [-0.2, 0) is 23.6 Å². The van der Waals surface area contributed by atoms with Crippen LogP contribution in [0.25, 0.3) is 0 Å². The third kappa shape index (κ3) is 5.06. The molecule has 0 aliphatic carbocycles. The third-order valence-corrected chi connectivity index (χ3v) is 6.19. The van der Waals surface area contributed by atoms with Crippen molar-refractivity contribution in [1.29, 1.82) is 0 Å². The quantitative estimate of drug-likeness (QED) is 0.190. The monoisotopic (exact) mass is 393 g/mol. The lowest BCUT2D eigenvalue weighted by atomic mass is 9.76. The molecule has 158 valence electrons. The lowest BCUT2D eigenvalue weighted by Crippen LogP contribution is -2.41. The third-order valence-electron chi connectivity index (χ3n) is 6.19. The second-order valence-electron chi connectivity index (χ2n) is 8.36. The molecular formula is C21H36BNO5. The summed E-state index contributed by atoms with van der Waals surface area (Å²) < 4.78 is 23.0. The van der Waals surface area contributed by atoms with E-state index in [-0.39, 0.29) is 12.6 Å². The minimum Gasteiger partial charge on any atom is -0.476 e. The molecule has 0 spiro atoms. The molecule has 1 aliphatic heterocycles. The first-order valence-electron chi connectivity index (χ1n) is 9.82. The van der Waals surface area contributed by atoms with Gasteiger partial charge in [-0.2, -0.15) is 0 Å². The number of nitrogens with zero attached hydrogens (tertiary/aromatic N) is 1. The van der Waals surface area contributed by atoms with E-state index in [2.05, 4.69) is 11.7 Å². The van der Waals surface area contributed by atoms with E-state index in [9.17, 15) is 4.79 Å². The van der Waals surface area contributed by atoms with Gasteiger partial charge in [0.05, 0.1) is 18.3 Å². The van der Waals surface area contributed by atoms with E-state index in [4.69, 9.17) is 18.8 Å². The van der Waals surface area contributed by atoms with Crippen molar-refractivity contribution in [3.8, 4) is 0 Å². The normalized spacial score (nSPS) is 19.9. The molecule has 1 saturated heterocycles. The van der Waals surface area contributed by atoms with Crippen molar-refractivity contribution >= 4 is 19.8 Å². The number of carbonyl (C=O) groups is 1. The van der Waals surface area contributed by atoms with Crippen LogP contribution in [0.2, 0.25) is 0 Å². The van der Waals surface area contributed by atoms with Crippen LogP contribution in [0.15, 0.2) is 28.0 Å². The zero-order chi connectivity index (χ0) is 21.8. The summed E-state index contributed by atoms with van der Waals surface area (Å²) in [5.74, 6) is 0.0742. The van der Waals surface area contributed by atoms with Gasteiger partial charge in [0, 0.05) is 6.08 Å². The van der Waals surface area contributed by atoms with Gasteiger partial charge in [-0.25, -0.2) is 4.99 Å². The Kier molecular flexibility index (Phi) is 8.09. The number of hydrogen-bond donors (Lipinski definition) is 0. The molecule has 0 saturated carbocycles. The summed E-state index contributed by atoms with van der Waals surface area (Å²) in [6.07, 6.45) is 3.02. The molecule has 0 aromatic carbocycles. The molecule has 0 radical (unpaired) electrons.